The SMILES string of the molecule is C[C@H](Sc1nc2ccccc2c(=O)n1C[C@@H]1CCCO1)C(=O)Nc1ccc(Cl)cc1. The fraction of sp³-hybridized carbons (Fsp3) is 0.318. The molecule has 2 atom stereocenters. The maximum absolute atomic E-state index is 13.2. The Kier molecular flexibility index (Phi) is 6.41. The lowest BCUT2D eigenvalue weighted by atomic mass is 10.2. The van der Waals surface area contributed by atoms with Crippen LogP contribution in [0.2, 0.25) is 5.02 Å². The zero-order chi connectivity index (χ0) is 21.1. The van der Waals surface area contributed by atoms with Crippen LogP contribution in [0.25, 0.3) is 10.9 Å². The summed E-state index contributed by atoms with van der Waals surface area (Å²) in [6.45, 7) is 2.95. The minimum atomic E-state index is -0.454. The molecule has 0 radical (unpaired) electrons. The number of aromatic nitrogens is 2. The van der Waals surface area contributed by atoms with E-state index in [9.17, 15) is 9.59 Å². The molecule has 156 valence electrons. The van der Waals surface area contributed by atoms with Crippen molar-refractivity contribution >= 4 is 45.9 Å². The Morgan fingerprint density at radius 1 is 1.30 bits per heavy atom. The molecule has 1 saturated heterocycles. The first-order valence-electron chi connectivity index (χ1n) is 9.85. The van der Waals surface area contributed by atoms with Crippen molar-refractivity contribution in [1.82, 2.24) is 9.55 Å². The molecule has 6 nitrogen and oxygen atoms in total. The number of carbonyl (C=O) groups is 1. The van der Waals surface area contributed by atoms with Gasteiger partial charge < -0.3 is 10.1 Å². The van der Waals surface area contributed by atoms with Gasteiger partial charge in [-0.05, 0) is 56.2 Å². The van der Waals surface area contributed by atoms with Crippen LogP contribution in [0.1, 0.15) is 19.8 Å². The largest absolute Gasteiger partial charge is 0.376 e. The Balaban J connectivity index is 1.60. The Labute approximate surface area is 183 Å². The molecule has 0 spiro atoms. The molecule has 0 bridgehead atoms. The average Bonchev–Trinajstić information content (AvgIpc) is 3.26. The van der Waals surface area contributed by atoms with Gasteiger partial charge in [0.15, 0.2) is 5.16 Å². The summed E-state index contributed by atoms with van der Waals surface area (Å²) in [6.07, 6.45) is 1.89. The van der Waals surface area contributed by atoms with E-state index < -0.39 is 5.25 Å². The molecule has 3 aromatic rings. The summed E-state index contributed by atoms with van der Waals surface area (Å²) in [4.78, 5) is 30.5. The molecule has 1 aromatic heterocycles. The van der Waals surface area contributed by atoms with Gasteiger partial charge in [-0.15, -0.1) is 0 Å². The highest BCUT2D eigenvalue weighted by molar-refractivity contribution is 8.00. The van der Waals surface area contributed by atoms with Crippen LogP contribution < -0.4 is 10.9 Å². The van der Waals surface area contributed by atoms with E-state index in [-0.39, 0.29) is 17.6 Å². The number of rotatable bonds is 6. The molecule has 2 heterocycles. The van der Waals surface area contributed by atoms with Crippen LogP contribution in [0.15, 0.2) is 58.5 Å². The second-order valence-electron chi connectivity index (χ2n) is 7.22. The van der Waals surface area contributed by atoms with E-state index >= 15 is 0 Å². The molecule has 1 fully saturated rings. The smallest absolute Gasteiger partial charge is 0.262 e. The van der Waals surface area contributed by atoms with Gasteiger partial charge in [-0.2, -0.15) is 0 Å². The zero-order valence-electron chi connectivity index (χ0n) is 16.5. The molecule has 1 N–H and O–H groups in total. The van der Waals surface area contributed by atoms with Crippen LogP contribution >= 0.6 is 23.4 Å². The Hall–Kier alpha value is -2.35. The topological polar surface area (TPSA) is 73.2 Å². The van der Waals surface area contributed by atoms with Crippen LogP contribution in [0.3, 0.4) is 0 Å². The van der Waals surface area contributed by atoms with Crippen molar-refractivity contribution in [3.8, 4) is 0 Å². The Morgan fingerprint density at radius 2 is 2.07 bits per heavy atom. The summed E-state index contributed by atoms with van der Waals surface area (Å²) < 4.78 is 7.38. The summed E-state index contributed by atoms with van der Waals surface area (Å²) >= 11 is 7.17. The first-order valence-corrected chi connectivity index (χ1v) is 11.1. The minimum absolute atomic E-state index is 0.0109. The number of nitrogens with one attached hydrogen (secondary N) is 1. The maximum atomic E-state index is 13.2. The molecule has 0 aliphatic carbocycles. The quantitative estimate of drug-likeness (QED) is 0.453. The van der Waals surface area contributed by atoms with Crippen molar-refractivity contribution in [3.05, 3.63) is 63.9 Å². The molecule has 2 aromatic carbocycles. The third kappa shape index (κ3) is 4.69. The third-order valence-corrected chi connectivity index (χ3v) is 6.34. The number of nitrogens with zero attached hydrogens (tertiary/aromatic N) is 2. The number of thioether (sulfide) groups is 1. The van der Waals surface area contributed by atoms with Crippen molar-refractivity contribution in [1.29, 1.82) is 0 Å². The van der Waals surface area contributed by atoms with Gasteiger partial charge >= 0.3 is 0 Å². The van der Waals surface area contributed by atoms with Gasteiger partial charge in [0.1, 0.15) is 0 Å². The predicted molar refractivity (Wildman–Crippen MR) is 120 cm³/mol. The lowest BCUT2D eigenvalue weighted by molar-refractivity contribution is -0.115. The van der Waals surface area contributed by atoms with Crippen LogP contribution in [-0.2, 0) is 16.1 Å². The van der Waals surface area contributed by atoms with Gasteiger partial charge in [0.05, 0.1) is 28.8 Å². The normalized spacial score (nSPS) is 17.2. The summed E-state index contributed by atoms with van der Waals surface area (Å²) in [5, 5.41) is 4.12. The molecule has 1 aliphatic rings. The van der Waals surface area contributed by atoms with E-state index in [0.29, 0.717) is 39.9 Å². The Morgan fingerprint density at radius 3 is 2.80 bits per heavy atom. The van der Waals surface area contributed by atoms with Gasteiger partial charge in [0, 0.05) is 17.3 Å². The van der Waals surface area contributed by atoms with Gasteiger partial charge in [-0.25, -0.2) is 4.98 Å². The lowest BCUT2D eigenvalue weighted by Gasteiger charge is -2.18. The van der Waals surface area contributed by atoms with E-state index in [2.05, 4.69) is 5.32 Å². The standard InChI is InChI=1S/C22H22ClN3O3S/c1-14(20(27)24-16-10-8-15(23)9-11-16)30-22-25-19-7-3-2-6-18(19)21(28)26(22)13-17-5-4-12-29-17/h2-3,6-11,14,17H,4-5,12-13H2,1H3,(H,24,27)/t14-,17-/m0/s1. The number of hydrogen-bond acceptors (Lipinski definition) is 5. The summed E-state index contributed by atoms with van der Waals surface area (Å²) in [5.41, 5.74) is 1.18. The fourth-order valence-corrected chi connectivity index (χ4v) is 4.42. The average molecular weight is 444 g/mol. The first-order chi connectivity index (χ1) is 14.5. The van der Waals surface area contributed by atoms with E-state index in [1.165, 1.54) is 11.8 Å². The molecule has 0 saturated carbocycles. The van der Waals surface area contributed by atoms with Crippen molar-refractivity contribution in [3.63, 3.8) is 0 Å². The number of amides is 1. The summed E-state index contributed by atoms with van der Waals surface area (Å²) in [7, 11) is 0. The van der Waals surface area contributed by atoms with Crippen LogP contribution in [0, 0.1) is 0 Å². The molecule has 30 heavy (non-hydrogen) atoms. The zero-order valence-corrected chi connectivity index (χ0v) is 18.1. The van der Waals surface area contributed by atoms with E-state index in [0.717, 1.165) is 12.8 Å². The summed E-state index contributed by atoms with van der Waals surface area (Å²) in [5.74, 6) is -0.173. The first kappa shape index (κ1) is 20.9. The number of benzene rings is 2. The van der Waals surface area contributed by atoms with Crippen molar-refractivity contribution < 1.29 is 9.53 Å². The molecular weight excluding hydrogens is 422 g/mol. The molecule has 8 heteroatoms. The number of anilines is 1. The van der Waals surface area contributed by atoms with E-state index in [4.69, 9.17) is 21.3 Å². The Bertz CT molecular complexity index is 1110. The van der Waals surface area contributed by atoms with Gasteiger partial charge in [0.2, 0.25) is 5.91 Å². The van der Waals surface area contributed by atoms with Crippen molar-refractivity contribution in [2.45, 2.75) is 42.8 Å². The van der Waals surface area contributed by atoms with E-state index in [1.807, 2.05) is 18.2 Å². The number of fused-ring (bicyclic) bond motifs is 1. The third-order valence-electron chi connectivity index (χ3n) is 5.00. The number of hydrogen-bond donors (Lipinski definition) is 1. The molecule has 1 amide bonds. The molecule has 1 aliphatic heterocycles. The van der Waals surface area contributed by atoms with Crippen LogP contribution in [0.5, 0.6) is 0 Å². The number of para-hydroxylation sites is 1. The van der Waals surface area contributed by atoms with Crippen LogP contribution in [-0.4, -0.2) is 33.4 Å². The van der Waals surface area contributed by atoms with Gasteiger partial charge in [0.25, 0.3) is 5.56 Å². The summed E-state index contributed by atoms with van der Waals surface area (Å²) in [6, 6.07) is 14.2. The van der Waals surface area contributed by atoms with E-state index in [1.54, 1.807) is 41.8 Å². The monoisotopic (exact) mass is 443 g/mol. The minimum Gasteiger partial charge on any atom is -0.376 e. The molecule has 4 rings (SSSR count). The second-order valence-corrected chi connectivity index (χ2v) is 8.96. The molecular formula is C22H22ClN3O3S. The van der Waals surface area contributed by atoms with Gasteiger partial charge in [-0.3, -0.25) is 14.2 Å². The number of halogens is 1. The highest BCUT2D eigenvalue weighted by Gasteiger charge is 2.23. The molecule has 0 unspecified atom stereocenters. The lowest BCUT2D eigenvalue weighted by Crippen LogP contribution is -2.30. The van der Waals surface area contributed by atoms with Crippen molar-refractivity contribution in [2.24, 2.45) is 0 Å². The maximum Gasteiger partial charge on any atom is 0.262 e. The van der Waals surface area contributed by atoms with Crippen LogP contribution in [0.4, 0.5) is 5.69 Å². The highest BCUT2D eigenvalue weighted by atomic mass is 35.5. The van der Waals surface area contributed by atoms with Gasteiger partial charge in [-0.1, -0.05) is 35.5 Å². The number of carbonyl (C=O) groups excluding carboxylic acids is 1. The highest BCUT2D eigenvalue weighted by Crippen LogP contribution is 2.25. The predicted octanol–water partition coefficient (Wildman–Crippen LogP) is 4.35. The fourth-order valence-electron chi connectivity index (χ4n) is 3.38. The number of ether oxygens (including phenoxy) is 1. The second kappa shape index (κ2) is 9.20. The van der Waals surface area contributed by atoms with Crippen molar-refractivity contribution in [2.75, 3.05) is 11.9 Å².